The van der Waals surface area contributed by atoms with Crippen LogP contribution in [0, 0.1) is 0 Å². The van der Waals surface area contributed by atoms with Gasteiger partial charge in [0.2, 0.25) is 0 Å². The van der Waals surface area contributed by atoms with Crippen molar-refractivity contribution in [2.75, 3.05) is 0 Å². The van der Waals surface area contributed by atoms with Crippen molar-refractivity contribution >= 4 is 71.4 Å². The van der Waals surface area contributed by atoms with E-state index < -0.39 is 7.82 Å². The molecule has 4 nitrogen and oxygen atoms in total. The topological polar surface area (TPSA) is 77.8 Å². The van der Waals surface area contributed by atoms with Crippen LogP contribution in [-0.2, 0) is 4.57 Å². The zero-order valence-corrected chi connectivity index (χ0v) is 6.77. The van der Waals surface area contributed by atoms with Gasteiger partial charge < -0.3 is 14.7 Å². The Bertz CT molecular complexity index is 62.2. The van der Waals surface area contributed by atoms with Crippen LogP contribution in [0.25, 0.3) is 0 Å². The summed E-state index contributed by atoms with van der Waals surface area (Å²) >= 11 is 0. The van der Waals surface area contributed by atoms with Gasteiger partial charge in [0.1, 0.15) is 0 Å². The molecule has 0 aromatic rings. The van der Waals surface area contributed by atoms with Crippen molar-refractivity contribution in [2.45, 2.75) is 0 Å². The fourth-order valence-electron chi connectivity index (χ4n) is 0. The molecule has 0 aliphatic rings. The SMILES string of the molecule is O=P(O)(O)O.[AsH3].[GaH3].[InH3]. The number of hydrogen-bond donors (Lipinski definition) is 3. The summed E-state index contributed by atoms with van der Waals surface area (Å²) in [5.74, 6) is 0. The number of phosphoric acid groups is 1. The monoisotopic (exact) mass is 366 g/mol. The Morgan fingerprint density at radius 2 is 1.12 bits per heavy atom. The van der Waals surface area contributed by atoms with Gasteiger partial charge in [-0.1, -0.05) is 0 Å². The average Bonchev–Trinajstić information content (AvgIpc) is 0.722. The van der Waals surface area contributed by atoms with E-state index in [9.17, 15) is 0 Å². The van der Waals surface area contributed by atoms with E-state index in [0.717, 1.165) is 0 Å². The molecule has 1 unspecified atom stereocenters. The number of rotatable bonds is 0. The normalized spacial score (nSPS) is 7.38. The van der Waals surface area contributed by atoms with Crippen molar-refractivity contribution in [1.29, 1.82) is 0 Å². The summed E-state index contributed by atoms with van der Waals surface area (Å²) in [6.45, 7) is 0. The Labute approximate surface area is 89.8 Å². The van der Waals surface area contributed by atoms with Crippen LogP contribution in [0.5, 0.6) is 0 Å². The third-order valence-electron chi connectivity index (χ3n) is 0. The van der Waals surface area contributed by atoms with Crippen LogP contribution in [0.4, 0.5) is 0 Å². The molecule has 1 atom stereocenters. The summed E-state index contributed by atoms with van der Waals surface area (Å²) in [5, 5.41) is 0. The molecule has 0 aliphatic carbocycles. The molecule has 0 saturated heterocycles. The summed E-state index contributed by atoms with van der Waals surface area (Å²) in [6, 6.07) is 0. The third-order valence-corrected chi connectivity index (χ3v) is 0. The minimum atomic E-state index is -4.64. The Morgan fingerprint density at radius 1 is 1.12 bits per heavy atom. The third kappa shape index (κ3) is 89.0. The molecule has 0 heterocycles. The van der Waals surface area contributed by atoms with Crippen molar-refractivity contribution < 1.29 is 19.2 Å². The molecular formula is H12AsGaInO4P. The molecule has 0 radical (unpaired) electrons. The Balaban J connectivity index is -0.0000000267. The van der Waals surface area contributed by atoms with Gasteiger partial charge in [-0.15, -0.1) is 0 Å². The maximum absolute atomic E-state index is 8.88. The zero-order chi connectivity index (χ0) is 4.50. The molecule has 8 heteroatoms. The predicted octanol–water partition coefficient (Wildman–Crippen LogP) is -4.48. The van der Waals surface area contributed by atoms with E-state index in [2.05, 4.69) is 0 Å². The quantitative estimate of drug-likeness (QED) is 0.298. The van der Waals surface area contributed by atoms with E-state index in [4.69, 9.17) is 19.2 Å². The second-order valence-corrected chi connectivity index (χ2v) is 1.54. The van der Waals surface area contributed by atoms with Gasteiger partial charge in [-0.3, -0.25) is 0 Å². The van der Waals surface area contributed by atoms with Crippen LogP contribution in [0.1, 0.15) is 0 Å². The van der Waals surface area contributed by atoms with Crippen LogP contribution in [0.2, 0.25) is 0 Å². The van der Waals surface area contributed by atoms with Gasteiger partial charge in [-0.05, 0) is 0 Å². The van der Waals surface area contributed by atoms with E-state index in [1.54, 1.807) is 0 Å². The van der Waals surface area contributed by atoms with E-state index in [-0.39, 0.29) is 63.6 Å². The van der Waals surface area contributed by atoms with Crippen molar-refractivity contribution in [3.63, 3.8) is 0 Å². The van der Waals surface area contributed by atoms with Crippen LogP contribution in [-0.4, -0.2) is 78.3 Å². The Kier molecular flexibility index (Phi) is 25.8. The molecule has 52 valence electrons. The van der Waals surface area contributed by atoms with E-state index in [1.807, 2.05) is 0 Å². The first-order valence-electron chi connectivity index (χ1n) is 0.783. The standard InChI is InChI=1S/AsH3.Ga.In.H3O4P.6H/c;;;1-5(2,3)4;;;;;;/h1H3;;;(H3,1,2,3,4);;;;;;. The first-order chi connectivity index (χ1) is 2.00. The van der Waals surface area contributed by atoms with Crippen LogP contribution in [0.3, 0.4) is 0 Å². The molecule has 0 rings (SSSR count). The van der Waals surface area contributed by atoms with Crippen LogP contribution < -0.4 is 0 Å². The average molecular weight is 367 g/mol. The molecule has 0 saturated carbocycles. The van der Waals surface area contributed by atoms with E-state index in [0.29, 0.717) is 0 Å². The van der Waals surface area contributed by atoms with Crippen molar-refractivity contribution in [2.24, 2.45) is 0 Å². The number of hydrogen-bond acceptors (Lipinski definition) is 1. The van der Waals surface area contributed by atoms with Crippen LogP contribution in [0.15, 0.2) is 0 Å². The Hall–Kier alpha value is 2.17. The fraction of sp³-hybridized carbons (Fsp3) is 0. The second-order valence-electron chi connectivity index (χ2n) is 0.513. The summed E-state index contributed by atoms with van der Waals surface area (Å²) in [6.07, 6.45) is 0. The van der Waals surface area contributed by atoms with E-state index >= 15 is 0 Å². The summed E-state index contributed by atoms with van der Waals surface area (Å²) in [7, 11) is -4.64. The molecule has 0 spiro atoms. The van der Waals surface area contributed by atoms with Crippen molar-refractivity contribution in [1.82, 2.24) is 0 Å². The fourth-order valence-corrected chi connectivity index (χ4v) is 0. The second kappa shape index (κ2) is 9.17. The zero-order valence-electron chi connectivity index (χ0n) is 2.90. The van der Waals surface area contributed by atoms with Gasteiger partial charge in [-0.25, -0.2) is 4.57 Å². The van der Waals surface area contributed by atoms with Crippen molar-refractivity contribution in [3.8, 4) is 0 Å². The van der Waals surface area contributed by atoms with Crippen molar-refractivity contribution in [3.05, 3.63) is 0 Å². The molecule has 3 N–H and O–H groups in total. The summed E-state index contributed by atoms with van der Waals surface area (Å²) in [4.78, 5) is 21.6. The molecule has 0 fully saturated rings. The van der Waals surface area contributed by atoms with Gasteiger partial charge in [0, 0.05) is 0 Å². The molecule has 0 aromatic heterocycles. The van der Waals surface area contributed by atoms with Crippen LogP contribution >= 0.6 is 7.82 Å². The first-order valence-corrected chi connectivity index (χ1v) is 2.35. The van der Waals surface area contributed by atoms with Gasteiger partial charge in [0.05, 0.1) is 0 Å². The molecule has 0 amide bonds. The Morgan fingerprint density at radius 3 is 1.12 bits per heavy atom. The summed E-state index contributed by atoms with van der Waals surface area (Å²) in [5.41, 5.74) is 0. The molecule has 8 heavy (non-hydrogen) atoms. The van der Waals surface area contributed by atoms with Gasteiger partial charge in [0.25, 0.3) is 0 Å². The van der Waals surface area contributed by atoms with Gasteiger partial charge in [0.15, 0.2) is 0 Å². The molecular weight excluding hydrogens is 354 g/mol. The summed E-state index contributed by atoms with van der Waals surface area (Å²) < 4.78 is 8.88. The molecule has 0 aromatic carbocycles. The van der Waals surface area contributed by atoms with Gasteiger partial charge >= 0.3 is 71.4 Å². The molecule has 0 bridgehead atoms. The van der Waals surface area contributed by atoms with E-state index in [1.165, 1.54) is 0 Å². The first kappa shape index (κ1) is 22.5. The van der Waals surface area contributed by atoms with Gasteiger partial charge in [-0.2, -0.15) is 0 Å². The maximum atomic E-state index is 8.88. The molecule has 0 aliphatic heterocycles. The predicted molar refractivity (Wildman–Crippen MR) is 44.1 cm³/mol. The minimum absolute atomic E-state index is 0.